The summed E-state index contributed by atoms with van der Waals surface area (Å²) in [7, 11) is 1.72. The molecule has 9 nitrogen and oxygen atoms in total. The van der Waals surface area contributed by atoms with E-state index in [1.807, 2.05) is 19.1 Å². The van der Waals surface area contributed by atoms with Crippen LogP contribution < -0.4 is 17.2 Å². The van der Waals surface area contributed by atoms with Gasteiger partial charge in [0.2, 0.25) is 0 Å². The van der Waals surface area contributed by atoms with Crippen LogP contribution in [0.25, 0.3) is 28.0 Å². The Labute approximate surface area is 278 Å². The molecule has 246 valence electrons. The molecule has 5 rings (SSSR count). The first-order valence-electron chi connectivity index (χ1n) is 15.8. The number of aromatic nitrogens is 3. The van der Waals surface area contributed by atoms with E-state index in [2.05, 4.69) is 27.0 Å². The predicted molar refractivity (Wildman–Crippen MR) is 187 cm³/mol. The van der Waals surface area contributed by atoms with E-state index in [9.17, 15) is 4.79 Å². The molecule has 0 amide bonds. The Kier molecular flexibility index (Phi) is 11.6. The van der Waals surface area contributed by atoms with Gasteiger partial charge >= 0.3 is 5.69 Å². The van der Waals surface area contributed by atoms with Crippen molar-refractivity contribution in [3.05, 3.63) is 81.1 Å². The molecule has 1 fully saturated rings. The third-order valence-electron chi connectivity index (χ3n) is 8.71. The van der Waals surface area contributed by atoms with Crippen LogP contribution in [0.1, 0.15) is 62.6 Å². The molecule has 0 saturated carbocycles. The fourth-order valence-corrected chi connectivity index (χ4v) is 7.29. The van der Waals surface area contributed by atoms with E-state index in [0.717, 1.165) is 62.8 Å². The monoisotopic (exact) mass is 667 g/mol. The number of rotatable bonds is 13. The number of piperidine rings is 1. The highest BCUT2D eigenvalue weighted by atomic mass is 35.5. The fraction of sp³-hybridized carbons (Fsp3) is 0.441. The first kappa shape index (κ1) is 34.1. The van der Waals surface area contributed by atoms with Crippen molar-refractivity contribution >= 4 is 39.6 Å². The van der Waals surface area contributed by atoms with Gasteiger partial charge in [0.1, 0.15) is 5.65 Å². The second-order valence-electron chi connectivity index (χ2n) is 12.1. The van der Waals surface area contributed by atoms with Gasteiger partial charge in [-0.2, -0.15) is 4.98 Å². The highest BCUT2D eigenvalue weighted by Crippen LogP contribution is 2.36. The largest absolute Gasteiger partial charge is 0.383 e. The average Bonchev–Trinajstić information content (AvgIpc) is 3.43. The third-order valence-corrected chi connectivity index (χ3v) is 9.74. The number of thioether (sulfide) groups is 1. The summed E-state index contributed by atoms with van der Waals surface area (Å²) in [5.41, 5.74) is 15.1. The molecule has 0 aliphatic carbocycles. The van der Waals surface area contributed by atoms with Crippen molar-refractivity contribution in [3.63, 3.8) is 0 Å². The minimum Gasteiger partial charge on any atom is -0.383 e. The number of hydrogen-bond donors (Lipinski definition) is 4. The van der Waals surface area contributed by atoms with Crippen molar-refractivity contribution in [2.75, 3.05) is 26.0 Å². The molecule has 0 radical (unpaired) electrons. The lowest BCUT2D eigenvalue weighted by atomic mass is 9.89. The molecule has 1 aliphatic heterocycles. The molecule has 3 heterocycles. The first-order chi connectivity index (χ1) is 22.1. The Bertz CT molecular complexity index is 1710. The summed E-state index contributed by atoms with van der Waals surface area (Å²) in [6, 6.07) is 14.0. The smallest absolute Gasteiger partial charge is 0.354 e. The number of nitrogens with two attached hydrogens (primary N) is 2. The average molecular weight is 668 g/mol. The van der Waals surface area contributed by atoms with Gasteiger partial charge in [0, 0.05) is 54.7 Å². The van der Waals surface area contributed by atoms with Crippen LogP contribution >= 0.6 is 23.4 Å². The lowest BCUT2D eigenvalue weighted by Crippen LogP contribution is -2.44. The number of ether oxygens (including phenoxy) is 1. The van der Waals surface area contributed by atoms with E-state index in [0.29, 0.717) is 40.6 Å². The van der Waals surface area contributed by atoms with E-state index < -0.39 is 11.5 Å². The zero-order chi connectivity index (χ0) is 32.8. The van der Waals surface area contributed by atoms with Gasteiger partial charge in [-0.15, -0.1) is 0 Å². The summed E-state index contributed by atoms with van der Waals surface area (Å²) < 4.78 is 22.1. The summed E-state index contributed by atoms with van der Waals surface area (Å²) in [5, 5.41) is 8.44. The van der Waals surface area contributed by atoms with Crippen molar-refractivity contribution in [3.8, 4) is 16.9 Å². The molecule has 6 N–H and O–H groups in total. The SMILES string of the molecule is COCCN1[C@H](CCSC(=N)N)CCC[C@H]1c1ccc(-n2cc3cc(-c4cc(CCC[C@H](C)N)cc(Cl)c4F)[nH]c3nc2=O)cc1. The number of hydrogen-bond acceptors (Lipinski definition) is 7. The summed E-state index contributed by atoms with van der Waals surface area (Å²) in [4.78, 5) is 23.1. The number of H-pyrrole nitrogens is 1. The van der Waals surface area contributed by atoms with E-state index in [1.54, 1.807) is 31.5 Å². The predicted octanol–water partition coefficient (Wildman–Crippen LogP) is 6.40. The maximum atomic E-state index is 15.2. The van der Waals surface area contributed by atoms with Crippen molar-refractivity contribution in [2.24, 2.45) is 11.5 Å². The number of fused-ring (bicyclic) bond motifs is 1. The number of aromatic amines is 1. The Morgan fingerprint density at radius 1 is 1.26 bits per heavy atom. The second kappa shape index (κ2) is 15.6. The zero-order valence-corrected chi connectivity index (χ0v) is 28.0. The minimum atomic E-state index is -0.517. The van der Waals surface area contributed by atoms with E-state index in [-0.39, 0.29) is 22.3 Å². The first-order valence-corrected chi connectivity index (χ1v) is 17.2. The summed E-state index contributed by atoms with van der Waals surface area (Å²) in [6.07, 6.45) is 8.41. The van der Waals surface area contributed by atoms with E-state index in [4.69, 9.17) is 33.2 Å². The number of halogens is 2. The molecule has 0 spiro atoms. The molecule has 2 aromatic carbocycles. The lowest BCUT2D eigenvalue weighted by Gasteiger charge is -2.42. The number of methoxy groups -OCH3 is 1. The Balaban J connectivity index is 1.38. The number of benzene rings is 2. The van der Waals surface area contributed by atoms with Crippen LogP contribution in [0.2, 0.25) is 5.02 Å². The summed E-state index contributed by atoms with van der Waals surface area (Å²) >= 11 is 7.67. The van der Waals surface area contributed by atoms with Crippen molar-refractivity contribution < 1.29 is 9.13 Å². The lowest BCUT2D eigenvalue weighted by molar-refractivity contribution is 0.0496. The van der Waals surface area contributed by atoms with Crippen LogP contribution in [0.15, 0.2) is 53.5 Å². The number of nitrogens with zero attached hydrogens (tertiary/aromatic N) is 3. The maximum absolute atomic E-state index is 15.2. The topological polar surface area (TPSA) is 139 Å². The molecule has 1 aliphatic rings. The maximum Gasteiger partial charge on any atom is 0.354 e. The molecular formula is C34H43ClFN7O2S. The molecular weight excluding hydrogens is 625 g/mol. The molecule has 0 bridgehead atoms. The Morgan fingerprint density at radius 2 is 2.04 bits per heavy atom. The number of amidine groups is 1. The number of nitrogens with one attached hydrogen (secondary N) is 2. The minimum absolute atomic E-state index is 0.0552. The van der Waals surface area contributed by atoms with Gasteiger partial charge in [0.25, 0.3) is 0 Å². The quantitative estimate of drug-likeness (QED) is 0.0956. The van der Waals surface area contributed by atoms with Crippen molar-refractivity contribution in [1.29, 1.82) is 5.41 Å². The van der Waals surface area contributed by atoms with E-state index in [1.165, 1.54) is 21.9 Å². The van der Waals surface area contributed by atoms with Gasteiger partial charge in [-0.25, -0.2) is 9.18 Å². The standard InChI is InChI=1S/C34H43ClFN7O2S/c1-21(37)5-3-6-22-17-27(31(36)28(35)18-22)29-19-24-20-43(34(44)41-32(24)40-29)26-11-9-23(10-12-26)30-8-4-7-25(13-16-46-33(38)39)42(30)14-15-45-2/h9-12,17-21,25,30H,3-8,13-16,37H2,1-2H3,(H3,38,39)(H,40,41,44)/t21-,25-,30-/m0/s1. The molecule has 4 aromatic rings. The van der Waals surface area contributed by atoms with Gasteiger partial charge in [-0.1, -0.05) is 35.5 Å². The van der Waals surface area contributed by atoms with Crippen molar-refractivity contribution in [2.45, 2.75) is 70.0 Å². The zero-order valence-electron chi connectivity index (χ0n) is 26.4. The Hall–Kier alpha value is -3.22. The second-order valence-corrected chi connectivity index (χ2v) is 13.7. The van der Waals surface area contributed by atoms with Gasteiger partial charge in [-0.3, -0.25) is 14.9 Å². The van der Waals surface area contributed by atoms with Gasteiger partial charge < -0.3 is 21.2 Å². The Morgan fingerprint density at radius 3 is 2.76 bits per heavy atom. The van der Waals surface area contributed by atoms with Crippen LogP contribution in [0.4, 0.5) is 4.39 Å². The van der Waals surface area contributed by atoms with Crippen LogP contribution in [0.3, 0.4) is 0 Å². The summed E-state index contributed by atoms with van der Waals surface area (Å²) in [5.74, 6) is 0.297. The van der Waals surface area contributed by atoms with Gasteiger partial charge in [0.05, 0.1) is 23.0 Å². The highest BCUT2D eigenvalue weighted by Gasteiger charge is 2.31. The van der Waals surface area contributed by atoms with Crippen LogP contribution in [-0.2, 0) is 11.2 Å². The number of likely N-dealkylation sites (tertiary alicyclic amines) is 1. The highest BCUT2D eigenvalue weighted by molar-refractivity contribution is 8.13. The molecule has 1 saturated heterocycles. The van der Waals surface area contributed by atoms with Crippen LogP contribution in [-0.4, -0.2) is 62.7 Å². The third kappa shape index (κ3) is 8.19. The van der Waals surface area contributed by atoms with Crippen LogP contribution in [0.5, 0.6) is 0 Å². The van der Waals surface area contributed by atoms with E-state index >= 15 is 4.39 Å². The van der Waals surface area contributed by atoms with Gasteiger partial charge in [-0.05, 0) is 93.3 Å². The van der Waals surface area contributed by atoms with Gasteiger partial charge in [0.15, 0.2) is 11.0 Å². The molecule has 12 heteroatoms. The summed E-state index contributed by atoms with van der Waals surface area (Å²) in [6.45, 7) is 3.42. The van der Waals surface area contributed by atoms with Crippen LogP contribution in [0, 0.1) is 11.2 Å². The molecule has 46 heavy (non-hydrogen) atoms. The molecule has 0 unspecified atom stereocenters. The number of aryl methyl sites for hydroxylation is 1. The molecule has 2 aromatic heterocycles. The fourth-order valence-electron chi connectivity index (χ4n) is 6.44. The molecule has 3 atom stereocenters. The van der Waals surface area contributed by atoms with Crippen molar-refractivity contribution in [1.82, 2.24) is 19.4 Å². The normalized spacial score (nSPS) is 17.8.